The van der Waals surface area contributed by atoms with E-state index in [2.05, 4.69) is 129 Å². The summed E-state index contributed by atoms with van der Waals surface area (Å²) < 4.78 is 95.2. The first-order chi connectivity index (χ1) is 57.5. The first-order valence-corrected chi connectivity index (χ1v) is 40.2. The van der Waals surface area contributed by atoms with Gasteiger partial charge in [0.15, 0.2) is 34.9 Å². The number of aryl methyl sites for hydroxylation is 3. The summed E-state index contributed by atoms with van der Waals surface area (Å²) in [5.41, 5.74) is 1.98. The molecule has 3 fully saturated rings. The predicted octanol–water partition coefficient (Wildman–Crippen LogP) is 16.4. The zero-order chi connectivity index (χ0) is 85.8. The monoisotopic (exact) mass is 1640 g/mol. The van der Waals surface area contributed by atoms with Crippen molar-refractivity contribution < 1.29 is 41.7 Å². The van der Waals surface area contributed by atoms with Crippen LogP contribution in [0, 0.1) is 106 Å². The number of nitrogens with zero attached hydrogens (tertiary/aromatic N) is 21. The van der Waals surface area contributed by atoms with Crippen molar-refractivity contribution in [1.82, 2.24) is 88.2 Å². The van der Waals surface area contributed by atoms with E-state index in [1.165, 1.54) is 36.8 Å². The van der Waals surface area contributed by atoms with Gasteiger partial charge < -0.3 is 59.7 Å². The van der Waals surface area contributed by atoms with Crippen molar-refractivity contribution in [2.75, 3.05) is 74.9 Å². The number of fused-ring (bicyclic) bond motifs is 3. The van der Waals surface area contributed by atoms with E-state index in [-0.39, 0.29) is 86.3 Å². The van der Waals surface area contributed by atoms with Crippen LogP contribution in [0.15, 0.2) is 110 Å². The quantitative estimate of drug-likeness (QED) is 0.0364. The van der Waals surface area contributed by atoms with Crippen molar-refractivity contribution in [2.45, 2.75) is 158 Å². The number of nitrogens with one attached hydrogen (secondary N) is 3. The van der Waals surface area contributed by atoms with E-state index in [0.29, 0.717) is 107 Å². The van der Waals surface area contributed by atoms with Crippen molar-refractivity contribution in [1.29, 1.82) is 15.8 Å². The fourth-order valence-corrected chi connectivity index (χ4v) is 16.4. The van der Waals surface area contributed by atoms with Gasteiger partial charge in [0, 0.05) is 70.1 Å². The van der Waals surface area contributed by atoms with Crippen LogP contribution < -0.4 is 16.0 Å². The summed E-state index contributed by atoms with van der Waals surface area (Å²) in [6.07, 6.45) is 8.16. The maximum absolute atomic E-state index is 15.0. The molecule has 0 bridgehead atoms. The van der Waals surface area contributed by atoms with Crippen molar-refractivity contribution in [3.63, 3.8) is 0 Å². The molecule has 12 aromatic rings. The Hall–Kier alpha value is -12.0. The molecule has 3 saturated heterocycles. The Kier molecular flexibility index (Phi) is 25.7. The Morgan fingerprint density at radius 3 is 0.825 bits per heavy atom. The zero-order valence-electron chi connectivity index (χ0n) is 69.0. The molecule has 0 amide bonds. The second-order valence-electron chi connectivity index (χ2n) is 31.6. The maximum atomic E-state index is 15.0. The highest BCUT2D eigenvalue weighted by Gasteiger charge is 2.45. The molecule has 12 heterocycles. The van der Waals surface area contributed by atoms with Crippen LogP contribution in [0.3, 0.4) is 0 Å². The van der Waals surface area contributed by atoms with Gasteiger partial charge in [0.05, 0.1) is 87.9 Å². The summed E-state index contributed by atoms with van der Waals surface area (Å²) in [6.45, 7) is 30.8. The number of rotatable bonds is 21. The van der Waals surface area contributed by atoms with Crippen LogP contribution in [-0.2, 0) is 0 Å². The van der Waals surface area contributed by atoms with E-state index < -0.39 is 69.5 Å². The minimum absolute atomic E-state index is 0.0341. The number of hydrogen-bond acceptors (Lipinski definition) is 24. The molecule has 1 unspecified atom stereocenters. The summed E-state index contributed by atoms with van der Waals surface area (Å²) in [5, 5.41) is 71.8. The fourth-order valence-electron chi connectivity index (χ4n) is 16.4. The van der Waals surface area contributed by atoms with Crippen LogP contribution in [0.4, 0.5) is 61.6 Å². The van der Waals surface area contributed by atoms with Gasteiger partial charge in [-0.25, -0.2) is 86.2 Å². The maximum Gasteiger partial charge on any atom is 0.229 e. The summed E-state index contributed by atoms with van der Waals surface area (Å²) in [6, 6.07) is 25.9. The molecule has 3 aliphatic rings. The van der Waals surface area contributed by atoms with E-state index in [4.69, 9.17) is 0 Å². The Labute approximate surface area is 691 Å². The van der Waals surface area contributed by atoms with Crippen LogP contribution in [0.2, 0.25) is 0 Å². The van der Waals surface area contributed by atoms with Gasteiger partial charge in [0.2, 0.25) is 17.8 Å². The number of likely N-dealkylation sites (tertiary alicyclic amines) is 3. The predicted molar refractivity (Wildman–Crippen MR) is 443 cm³/mol. The lowest BCUT2D eigenvalue weighted by Gasteiger charge is -2.39. The molecule has 6 N–H and O–H groups in total. The van der Waals surface area contributed by atoms with Crippen molar-refractivity contribution in [3.05, 3.63) is 179 Å². The number of aliphatic hydroxyl groups is 3. The smallest absolute Gasteiger partial charge is 0.229 e. The van der Waals surface area contributed by atoms with Crippen LogP contribution >= 0.6 is 0 Å². The molecule has 3 atom stereocenters. The highest BCUT2D eigenvalue weighted by molar-refractivity contribution is 5.85. The molecule has 9 aromatic heterocycles. The van der Waals surface area contributed by atoms with Gasteiger partial charge in [-0.1, -0.05) is 39.0 Å². The number of pyridine rings is 3. The highest BCUT2D eigenvalue weighted by Crippen LogP contribution is 2.46. The molecule has 120 heavy (non-hydrogen) atoms. The van der Waals surface area contributed by atoms with Crippen LogP contribution in [0.25, 0.3) is 66.9 Å². The minimum Gasteiger partial charge on any atom is -0.387 e. The first-order valence-electron chi connectivity index (χ1n) is 40.2. The molecule has 0 aliphatic carbocycles. The molecule has 0 spiro atoms. The Bertz CT molecular complexity index is 5270. The minimum atomic E-state index is -0.973. The average molecular weight is 1640 g/mol. The van der Waals surface area contributed by atoms with E-state index in [1.807, 2.05) is 55.2 Å². The zero-order valence-corrected chi connectivity index (χ0v) is 69.0. The number of hydrogen-bond donors (Lipinski definition) is 6. The molecule has 0 radical (unpaired) electrons. The second kappa shape index (κ2) is 35.9. The second-order valence-corrected chi connectivity index (χ2v) is 31.6. The number of aliphatic hydroxyl groups excluding tert-OH is 3. The van der Waals surface area contributed by atoms with Crippen molar-refractivity contribution in [3.8, 4) is 52.0 Å². The number of piperidine rings is 3. The van der Waals surface area contributed by atoms with Crippen LogP contribution in [0.1, 0.15) is 171 Å². The molecular formula is C87H96F6N24O3. The summed E-state index contributed by atoms with van der Waals surface area (Å²) in [7, 11) is 0. The molecule has 3 aliphatic heterocycles. The molecule has 27 nitrogen and oxygen atoms in total. The third kappa shape index (κ3) is 17.5. The van der Waals surface area contributed by atoms with Crippen LogP contribution in [-0.4, -0.2) is 162 Å². The molecule has 15 rings (SSSR count). The first kappa shape index (κ1) is 85.8. The lowest BCUT2D eigenvalue weighted by Crippen LogP contribution is -2.42. The van der Waals surface area contributed by atoms with Gasteiger partial charge in [-0.15, -0.1) is 0 Å². The largest absolute Gasteiger partial charge is 0.387 e. The lowest BCUT2D eigenvalue weighted by atomic mass is 9.73. The van der Waals surface area contributed by atoms with Crippen molar-refractivity contribution >= 4 is 68.4 Å². The van der Waals surface area contributed by atoms with Gasteiger partial charge in [-0.3, -0.25) is 0 Å². The summed E-state index contributed by atoms with van der Waals surface area (Å²) in [4.78, 5) is 57.9. The Morgan fingerprint density at radius 1 is 0.367 bits per heavy atom. The SMILES string of the molecule is CCN1CCC(C#N)(C(O)c2ccc(Nc3ncc(F)c(-c4cc(F)c5nc(C)n(C(C)C)c5c4)n3)nc2)CC1.CCN1CCC(C#N)([C@@H](O)c2ccc(Nc3ncc(F)c(-c4cc(F)c5nc(C)n(C(C)C)c5c4)n3)nc2)CC1.CCN1CCC(C#N)([C@H](O)c2ccc(Nc3ncc(F)c(-c4cc(F)c5nc(C)n(C(C)C)c5c4)n3)nc2)CC1. The summed E-state index contributed by atoms with van der Waals surface area (Å²) in [5.74, 6) is -0.435. The molecule has 3 aromatic carbocycles. The number of anilines is 6. The fraction of sp³-hybridized carbons (Fsp3) is 0.414. The Morgan fingerprint density at radius 2 is 0.617 bits per heavy atom. The normalized spacial score (nSPS) is 16.3. The van der Waals surface area contributed by atoms with E-state index >= 15 is 0 Å². The number of halogens is 6. The third-order valence-electron chi connectivity index (χ3n) is 23.2. The number of nitriles is 3. The Balaban J connectivity index is 0.000000156. The van der Waals surface area contributed by atoms with Crippen LogP contribution in [0.5, 0.6) is 0 Å². The molecule has 0 saturated carbocycles. The van der Waals surface area contributed by atoms with Crippen molar-refractivity contribution in [2.24, 2.45) is 16.2 Å². The number of benzene rings is 3. The number of aromatic nitrogens is 15. The highest BCUT2D eigenvalue weighted by atomic mass is 19.1. The molecule has 33 heteroatoms. The van der Waals surface area contributed by atoms with Gasteiger partial charge in [0.1, 0.15) is 68.6 Å². The van der Waals surface area contributed by atoms with Gasteiger partial charge in [-0.2, -0.15) is 15.8 Å². The van der Waals surface area contributed by atoms with E-state index in [9.17, 15) is 57.4 Å². The van der Waals surface area contributed by atoms with E-state index in [0.717, 1.165) is 77.5 Å². The topological polar surface area (TPSA) is 347 Å². The number of imidazole rings is 3. The third-order valence-corrected chi connectivity index (χ3v) is 23.2. The van der Waals surface area contributed by atoms with Gasteiger partial charge in [0.25, 0.3) is 0 Å². The lowest BCUT2D eigenvalue weighted by molar-refractivity contribution is 0.0137. The van der Waals surface area contributed by atoms with Gasteiger partial charge in [-0.05, 0) is 214 Å². The van der Waals surface area contributed by atoms with E-state index in [1.54, 1.807) is 75.4 Å². The average Bonchev–Trinajstić information content (AvgIpc) is 1.57. The molecular weight excluding hydrogens is 1540 g/mol. The molecule has 624 valence electrons. The van der Waals surface area contributed by atoms with Gasteiger partial charge >= 0.3 is 0 Å². The standard InChI is InChI=1S/3C29H32F2N8O/c3*1-5-38-10-8-29(16-32,9-11-38)27(40)19-6-7-24(33-14-19)36-28-34-15-22(31)25(37-28)20-12-21(30)26-23(13-20)39(17(2)3)18(4)35-26/h3*6-7,12-15,17,27,40H,5,8-11H2,1-4H3,(H,33,34,36,37)/t2*27-;/m10./s1. The summed E-state index contributed by atoms with van der Waals surface area (Å²) >= 11 is 0.